The molecule has 0 unspecified atom stereocenters. The minimum absolute atomic E-state index is 0.548. The second-order valence-electron chi connectivity index (χ2n) is 3.50. The van der Waals surface area contributed by atoms with Gasteiger partial charge in [0.1, 0.15) is 0 Å². The van der Waals surface area contributed by atoms with Gasteiger partial charge in [0.25, 0.3) is 0 Å². The normalized spacial score (nSPS) is 13.2. The van der Waals surface area contributed by atoms with Gasteiger partial charge in [-0.1, -0.05) is 46.0 Å². The van der Waals surface area contributed by atoms with Gasteiger partial charge in [0.2, 0.25) is 0 Å². The monoisotopic (exact) mass is 172 g/mol. The summed E-state index contributed by atoms with van der Waals surface area (Å²) in [6, 6.07) is 0.548. The van der Waals surface area contributed by atoms with Gasteiger partial charge in [-0.15, -0.1) is 0 Å². The third-order valence-electron chi connectivity index (χ3n) is 2.28. The number of hydrogen-bond donors (Lipinski definition) is 2. The van der Waals surface area contributed by atoms with Gasteiger partial charge in [-0.25, -0.2) is 0 Å². The molecule has 0 fully saturated rings. The average Bonchev–Trinajstić information content (AvgIpc) is 2.10. The number of nitrogens with one attached hydrogen (secondary N) is 1. The molecule has 0 aromatic carbocycles. The van der Waals surface area contributed by atoms with Crippen molar-refractivity contribution in [1.82, 2.24) is 5.43 Å². The van der Waals surface area contributed by atoms with E-state index in [1.165, 1.54) is 44.9 Å². The number of hydrazine groups is 1. The Balaban J connectivity index is 3.19. The third-order valence-corrected chi connectivity index (χ3v) is 2.28. The van der Waals surface area contributed by atoms with Gasteiger partial charge >= 0.3 is 0 Å². The largest absolute Gasteiger partial charge is 0.271 e. The van der Waals surface area contributed by atoms with Gasteiger partial charge in [-0.05, 0) is 12.8 Å². The molecule has 0 aliphatic heterocycles. The molecule has 74 valence electrons. The Bertz CT molecular complexity index is 83.9. The van der Waals surface area contributed by atoms with Crippen LogP contribution in [0, 0.1) is 0 Å². The van der Waals surface area contributed by atoms with Crippen molar-refractivity contribution in [3.05, 3.63) is 0 Å². The molecule has 1 atom stereocenters. The Morgan fingerprint density at radius 1 is 1.00 bits per heavy atom. The summed E-state index contributed by atoms with van der Waals surface area (Å²) in [7, 11) is 0. The maximum absolute atomic E-state index is 5.42. The van der Waals surface area contributed by atoms with Crippen LogP contribution >= 0.6 is 0 Å². The van der Waals surface area contributed by atoms with Gasteiger partial charge in [0.15, 0.2) is 0 Å². The van der Waals surface area contributed by atoms with Crippen LogP contribution < -0.4 is 11.3 Å². The van der Waals surface area contributed by atoms with Crippen LogP contribution in [0.3, 0.4) is 0 Å². The van der Waals surface area contributed by atoms with Crippen LogP contribution in [0.5, 0.6) is 0 Å². The zero-order valence-electron chi connectivity index (χ0n) is 8.60. The maximum atomic E-state index is 5.42. The molecule has 3 N–H and O–H groups in total. The van der Waals surface area contributed by atoms with Crippen molar-refractivity contribution >= 4 is 0 Å². The highest BCUT2D eigenvalue weighted by Gasteiger charge is 2.03. The van der Waals surface area contributed by atoms with Crippen LogP contribution in [-0.4, -0.2) is 6.04 Å². The van der Waals surface area contributed by atoms with Crippen molar-refractivity contribution in [3.8, 4) is 0 Å². The molecular formula is C10H24N2. The van der Waals surface area contributed by atoms with Crippen molar-refractivity contribution in [1.29, 1.82) is 0 Å². The maximum Gasteiger partial charge on any atom is 0.0210 e. The fraction of sp³-hybridized carbons (Fsp3) is 1.00. The Labute approximate surface area is 76.9 Å². The molecule has 0 saturated carbocycles. The van der Waals surface area contributed by atoms with E-state index in [0.29, 0.717) is 6.04 Å². The van der Waals surface area contributed by atoms with Crippen LogP contribution in [0.15, 0.2) is 0 Å². The van der Waals surface area contributed by atoms with E-state index in [9.17, 15) is 0 Å². The molecule has 0 rings (SSSR count). The minimum Gasteiger partial charge on any atom is -0.271 e. The van der Waals surface area contributed by atoms with Crippen LogP contribution in [0.4, 0.5) is 0 Å². The summed E-state index contributed by atoms with van der Waals surface area (Å²) in [6.07, 6.45) is 9.04. The summed E-state index contributed by atoms with van der Waals surface area (Å²) < 4.78 is 0. The van der Waals surface area contributed by atoms with Crippen LogP contribution in [-0.2, 0) is 0 Å². The first-order valence-corrected chi connectivity index (χ1v) is 5.31. The summed E-state index contributed by atoms with van der Waals surface area (Å²) in [6.45, 7) is 4.45. The highest BCUT2D eigenvalue weighted by molar-refractivity contribution is 4.62. The van der Waals surface area contributed by atoms with Crippen molar-refractivity contribution in [2.24, 2.45) is 5.84 Å². The summed E-state index contributed by atoms with van der Waals surface area (Å²) >= 11 is 0. The van der Waals surface area contributed by atoms with Crippen molar-refractivity contribution in [2.45, 2.75) is 64.8 Å². The summed E-state index contributed by atoms with van der Waals surface area (Å²) in [5, 5.41) is 0. The van der Waals surface area contributed by atoms with E-state index in [-0.39, 0.29) is 0 Å². The van der Waals surface area contributed by atoms with E-state index in [4.69, 9.17) is 5.84 Å². The second-order valence-corrected chi connectivity index (χ2v) is 3.50. The Hall–Kier alpha value is -0.0800. The predicted molar refractivity (Wildman–Crippen MR) is 54.8 cm³/mol. The van der Waals surface area contributed by atoms with Crippen molar-refractivity contribution in [2.75, 3.05) is 0 Å². The molecule has 2 nitrogen and oxygen atoms in total. The Morgan fingerprint density at radius 3 is 2.25 bits per heavy atom. The standard InChI is InChI=1S/C10H24N2/c1-3-5-6-7-9-10(12-11)8-4-2/h10,12H,3-9,11H2,1-2H3/t10-/m0/s1. The average molecular weight is 172 g/mol. The Kier molecular flexibility index (Phi) is 8.95. The molecule has 0 aromatic rings. The first-order valence-electron chi connectivity index (χ1n) is 5.31. The molecule has 0 spiro atoms. The number of hydrogen-bond acceptors (Lipinski definition) is 2. The van der Waals surface area contributed by atoms with E-state index >= 15 is 0 Å². The molecule has 0 saturated heterocycles. The lowest BCUT2D eigenvalue weighted by Crippen LogP contribution is -2.34. The molecule has 0 aliphatic carbocycles. The number of unbranched alkanes of at least 4 members (excludes halogenated alkanes) is 3. The second kappa shape index (κ2) is 9.01. The van der Waals surface area contributed by atoms with E-state index < -0.39 is 0 Å². The zero-order chi connectivity index (χ0) is 9.23. The molecule has 0 amide bonds. The van der Waals surface area contributed by atoms with Gasteiger partial charge in [0, 0.05) is 6.04 Å². The number of rotatable bonds is 8. The first kappa shape index (κ1) is 11.9. The third kappa shape index (κ3) is 6.62. The lowest BCUT2D eigenvalue weighted by atomic mass is 10.0. The van der Waals surface area contributed by atoms with Gasteiger partial charge in [-0.2, -0.15) is 0 Å². The van der Waals surface area contributed by atoms with Crippen LogP contribution in [0.25, 0.3) is 0 Å². The van der Waals surface area contributed by atoms with E-state index in [1.54, 1.807) is 0 Å². The number of nitrogens with two attached hydrogens (primary N) is 1. The molecule has 12 heavy (non-hydrogen) atoms. The zero-order valence-corrected chi connectivity index (χ0v) is 8.60. The molecule has 0 bridgehead atoms. The smallest absolute Gasteiger partial charge is 0.0210 e. The van der Waals surface area contributed by atoms with Gasteiger partial charge < -0.3 is 0 Å². The fourth-order valence-corrected chi connectivity index (χ4v) is 1.48. The van der Waals surface area contributed by atoms with Gasteiger partial charge in [0.05, 0.1) is 0 Å². The van der Waals surface area contributed by atoms with Crippen molar-refractivity contribution < 1.29 is 0 Å². The molecule has 0 aliphatic rings. The Morgan fingerprint density at radius 2 is 1.75 bits per heavy atom. The lowest BCUT2D eigenvalue weighted by Gasteiger charge is -2.13. The fourth-order valence-electron chi connectivity index (χ4n) is 1.48. The predicted octanol–water partition coefficient (Wildman–Crippen LogP) is 2.59. The summed E-state index contributed by atoms with van der Waals surface area (Å²) in [5.74, 6) is 5.42. The lowest BCUT2D eigenvalue weighted by molar-refractivity contribution is 0.437. The first-order chi connectivity index (χ1) is 5.85. The van der Waals surface area contributed by atoms with Gasteiger partial charge in [-0.3, -0.25) is 11.3 Å². The van der Waals surface area contributed by atoms with Crippen LogP contribution in [0.2, 0.25) is 0 Å². The molecule has 0 radical (unpaired) electrons. The molecule has 2 heteroatoms. The molecule has 0 aromatic heterocycles. The van der Waals surface area contributed by atoms with E-state index in [1.807, 2.05) is 0 Å². The van der Waals surface area contributed by atoms with Crippen molar-refractivity contribution in [3.63, 3.8) is 0 Å². The summed E-state index contributed by atoms with van der Waals surface area (Å²) in [5.41, 5.74) is 2.88. The SMILES string of the molecule is CCCCCC[C@H](CCC)NN. The van der Waals surface area contributed by atoms with Crippen LogP contribution in [0.1, 0.15) is 58.8 Å². The molecular weight excluding hydrogens is 148 g/mol. The highest BCUT2D eigenvalue weighted by atomic mass is 15.2. The quantitative estimate of drug-likeness (QED) is 0.335. The van der Waals surface area contributed by atoms with E-state index in [0.717, 1.165) is 0 Å². The topological polar surface area (TPSA) is 38.0 Å². The highest BCUT2D eigenvalue weighted by Crippen LogP contribution is 2.08. The van der Waals surface area contributed by atoms with E-state index in [2.05, 4.69) is 19.3 Å². The summed E-state index contributed by atoms with van der Waals surface area (Å²) in [4.78, 5) is 0. The minimum atomic E-state index is 0.548. The molecule has 0 heterocycles.